The Bertz CT molecular complexity index is 1890. The third-order valence-corrected chi connectivity index (χ3v) is 10.6. The number of ether oxygens (including phenoxy) is 2. The maximum Gasteiger partial charge on any atom is 0.341 e. The minimum Gasteiger partial charge on any atom is -0.497 e. The number of anilines is 1. The first-order valence-electron chi connectivity index (χ1n) is 14.4. The maximum atomic E-state index is 14.0. The van der Waals surface area contributed by atoms with E-state index in [-0.39, 0.29) is 23.8 Å². The van der Waals surface area contributed by atoms with Crippen LogP contribution in [-0.2, 0) is 22.4 Å². The highest BCUT2D eigenvalue weighted by Crippen LogP contribution is 2.38. The van der Waals surface area contributed by atoms with E-state index in [2.05, 4.69) is 12.2 Å². The predicted octanol–water partition coefficient (Wildman–Crippen LogP) is 7.22. The van der Waals surface area contributed by atoms with Gasteiger partial charge in [-0.2, -0.15) is 0 Å². The van der Waals surface area contributed by atoms with Crippen LogP contribution >= 0.6 is 34.4 Å². The van der Waals surface area contributed by atoms with Crippen LogP contribution in [0.4, 0.5) is 5.00 Å². The number of benzene rings is 2. The SMILES string of the molecule is CCOC(=O)c1c(-c2ccc(OC)cc2)csc1NC(=O)CSc1nc2sc3c(c2c(=O)n1-c1ccccc1)CCC(C)C3. The molecule has 0 saturated heterocycles. The minimum absolute atomic E-state index is 0.00899. The number of carbonyl (C=O) groups is 2. The highest BCUT2D eigenvalue weighted by Gasteiger charge is 2.26. The number of methoxy groups -OCH3 is 1. The van der Waals surface area contributed by atoms with Gasteiger partial charge in [-0.1, -0.05) is 49.0 Å². The summed E-state index contributed by atoms with van der Waals surface area (Å²) in [4.78, 5) is 47.3. The van der Waals surface area contributed by atoms with Crippen molar-refractivity contribution in [2.24, 2.45) is 5.92 Å². The van der Waals surface area contributed by atoms with Gasteiger partial charge in [-0.15, -0.1) is 22.7 Å². The molecular weight excluding hydrogens is 615 g/mol. The second kappa shape index (κ2) is 13.0. The number of rotatable bonds is 9. The first-order valence-corrected chi connectivity index (χ1v) is 17.0. The molecule has 1 atom stereocenters. The summed E-state index contributed by atoms with van der Waals surface area (Å²) in [5, 5.41) is 6.29. The molecule has 44 heavy (non-hydrogen) atoms. The van der Waals surface area contributed by atoms with E-state index in [1.54, 1.807) is 29.9 Å². The Morgan fingerprint density at radius 1 is 1.14 bits per heavy atom. The van der Waals surface area contributed by atoms with Crippen LogP contribution in [0.5, 0.6) is 5.75 Å². The molecule has 0 aliphatic heterocycles. The first-order chi connectivity index (χ1) is 21.4. The van der Waals surface area contributed by atoms with E-state index in [4.69, 9.17) is 14.5 Å². The van der Waals surface area contributed by atoms with E-state index in [9.17, 15) is 14.4 Å². The smallest absolute Gasteiger partial charge is 0.341 e. The maximum absolute atomic E-state index is 14.0. The van der Waals surface area contributed by atoms with E-state index in [1.807, 2.05) is 60.0 Å². The molecule has 0 bridgehead atoms. The second-order valence-electron chi connectivity index (χ2n) is 10.5. The molecule has 1 aliphatic carbocycles. The number of esters is 1. The van der Waals surface area contributed by atoms with Crippen molar-refractivity contribution in [3.05, 3.63) is 86.3 Å². The third kappa shape index (κ3) is 5.91. The van der Waals surface area contributed by atoms with Crippen molar-refractivity contribution < 1.29 is 19.1 Å². The van der Waals surface area contributed by atoms with Crippen molar-refractivity contribution in [2.75, 3.05) is 24.8 Å². The van der Waals surface area contributed by atoms with Crippen LogP contribution in [0.15, 0.2) is 69.9 Å². The monoisotopic (exact) mass is 645 g/mol. The van der Waals surface area contributed by atoms with Gasteiger partial charge >= 0.3 is 5.97 Å². The average molecular weight is 646 g/mol. The molecule has 3 heterocycles. The zero-order valence-corrected chi connectivity index (χ0v) is 27.0. The lowest BCUT2D eigenvalue weighted by Crippen LogP contribution is -2.23. The average Bonchev–Trinajstić information content (AvgIpc) is 3.61. The summed E-state index contributed by atoms with van der Waals surface area (Å²) in [5.74, 6) is 0.433. The lowest BCUT2D eigenvalue weighted by molar-refractivity contribution is -0.113. The van der Waals surface area contributed by atoms with Crippen LogP contribution in [-0.4, -0.2) is 40.9 Å². The lowest BCUT2D eigenvalue weighted by Gasteiger charge is -2.17. The van der Waals surface area contributed by atoms with Crippen LogP contribution in [0.2, 0.25) is 0 Å². The molecule has 11 heteroatoms. The number of para-hydroxylation sites is 1. The predicted molar refractivity (Wildman–Crippen MR) is 178 cm³/mol. The van der Waals surface area contributed by atoms with Crippen molar-refractivity contribution in [1.82, 2.24) is 9.55 Å². The van der Waals surface area contributed by atoms with E-state index >= 15 is 0 Å². The Kier molecular flexibility index (Phi) is 8.88. The summed E-state index contributed by atoms with van der Waals surface area (Å²) in [5.41, 5.74) is 3.49. The summed E-state index contributed by atoms with van der Waals surface area (Å²) in [7, 11) is 1.59. The Morgan fingerprint density at radius 3 is 2.64 bits per heavy atom. The molecule has 1 N–H and O–H groups in total. The highest BCUT2D eigenvalue weighted by atomic mass is 32.2. The van der Waals surface area contributed by atoms with Gasteiger partial charge in [0.15, 0.2) is 5.16 Å². The number of amides is 1. The first kappa shape index (κ1) is 30.1. The van der Waals surface area contributed by atoms with Gasteiger partial charge in [0.05, 0.1) is 30.5 Å². The van der Waals surface area contributed by atoms with E-state index in [0.717, 1.165) is 35.2 Å². The van der Waals surface area contributed by atoms with Gasteiger partial charge in [0.1, 0.15) is 21.1 Å². The molecule has 0 fully saturated rings. The van der Waals surface area contributed by atoms with Gasteiger partial charge in [0.2, 0.25) is 5.91 Å². The summed E-state index contributed by atoms with van der Waals surface area (Å²) in [6.07, 6.45) is 2.88. The topological polar surface area (TPSA) is 99.5 Å². The largest absolute Gasteiger partial charge is 0.497 e. The fourth-order valence-corrected chi connectivity index (χ4v) is 8.61. The van der Waals surface area contributed by atoms with Crippen molar-refractivity contribution in [3.8, 4) is 22.6 Å². The lowest BCUT2D eigenvalue weighted by atomic mass is 9.89. The molecule has 1 aliphatic rings. The summed E-state index contributed by atoms with van der Waals surface area (Å²) < 4.78 is 12.2. The molecular formula is C33H31N3O5S3. The number of thioether (sulfide) groups is 1. The van der Waals surface area contributed by atoms with E-state index < -0.39 is 5.97 Å². The van der Waals surface area contributed by atoms with Crippen LogP contribution in [0.1, 0.15) is 41.1 Å². The zero-order chi connectivity index (χ0) is 30.8. The second-order valence-corrected chi connectivity index (χ2v) is 13.4. The molecule has 5 aromatic rings. The van der Waals surface area contributed by atoms with Gasteiger partial charge in [-0.3, -0.25) is 14.2 Å². The van der Waals surface area contributed by atoms with Gasteiger partial charge < -0.3 is 14.8 Å². The minimum atomic E-state index is -0.511. The Labute approximate surface area is 267 Å². The molecule has 0 spiro atoms. The number of nitrogens with zero attached hydrogens (tertiary/aromatic N) is 2. The number of thiophene rings is 2. The van der Waals surface area contributed by atoms with Gasteiger partial charge in [-0.05, 0) is 67.5 Å². The Hall–Kier alpha value is -3.93. The van der Waals surface area contributed by atoms with Crippen LogP contribution in [0.25, 0.3) is 27.0 Å². The molecule has 226 valence electrons. The number of hydrogen-bond acceptors (Lipinski definition) is 9. The fourth-order valence-electron chi connectivity index (χ4n) is 5.40. The molecule has 0 radical (unpaired) electrons. The van der Waals surface area contributed by atoms with Gasteiger partial charge in [0, 0.05) is 15.8 Å². The summed E-state index contributed by atoms with van der Waals surface area (Å²) >= 11 is 4.05. The quantitative estimate of drug-likeness (QED) is 0.103. The van der Waals surface area contributed by atoms with Crippen molar-refractivity contribution >= 4 is 61.5 Å². The molecule has 0 saturated carbocycles. The fraction of sp³-hybridized carbons (Fsp3) is 0.273. The third-order valence-electron chi connectivity index (χ3n) is 7.57. The van der Waals surface area contributed by atoms with Crippen LogP contribution in [0.3, 0.4) is 0 Å². The zero-order valence-electron chi connectivity index (χ0n) is 24.5. The summed E-state index contributed by atoms with van der Waals surface area (Å²) in [6, 6.07) is 16.8. The molecule has 2 aromatic carbocycles. The molecule has 3 aromatic heterocycles. The van der Waals surface area contributed by atoms with Crippen molar-refractivity contribution in [2.45, 2.75) is 38.3 Å². The number of carbonyl (C=O) groups excluding carboxylic acids is 2. The number of aromatic nitrogens is 2. The van der Waals surface area contributed by atoms with E-state index in [0.29, 0.717) is 44.0 Å². The number of hydrogen-bond donors (Lipinski definition) is 1. The molecule has 1 unspecified atom stereocenters. The van der Waals surface area contributed by atoms with Gasteiger partial charge in [-0.25, -0.2) is 9.78 Å². The highest BCUT2D eigenvalue weighted by molar-refractivity contribution is 7.99. The Balaban J connectivity index is 1.30. The number of nitrogens with one attached hydrogen (secondary N) is 1. The number of aryl methyl sites for hydroxylation is 1. The molecule has 6 rings (SSSR count). The molecule has 1 amide bonds. The van der Waals surface area contributed by atoms with Crippen molar-refractivity contribution in [1.29, 1.82) is 0 Å². The normalized spacial score (nSPS) is 14.3. The Morgan fingerprint density at radius 2 is 1.91 bits per heavy atom. The number of fused-ring (bicyclic) bond motifs is 3. The molecule has 8 nitrogen and oxygen atoms in total. The summed E-state index contributed by atoms with van der Waals surface area (Å²) in [6.45, 7) is 4.19. The van der Waals surface area contributed by atoms with Gasteiger partial charge in [0.25, 0.3) is 5.56 Å². The standard InChI is InChI=1S/C33H31N3O5S3/c1-4-41-32(39)28-24(20-11-13-22(40-3)14-12-20)17-42-29(28)34-26(37)18-43-33-35-30-27(23-15-10-19(2)16-25(23)44-30)31(38)36(33)21-8-6-5-7-9-21/h5-9,11-14,17,19H,4,10,15-16,18H2,1-3H3,(H,34,37). The van der Waals surface area contributed by atoms with Crippen molar-refractivity contribution in [3.63, 3.8) is 0 Å². The van der Waals surface area contributed by atoms with E-state index in [1.165, 1.54) is 28.0 Å². The van der Waals surface area contributed by atoms with Crippen LogP contribution < -0.4 is 15.6 Å². The van der Waals surface area contributed by atoms with Crippen LogP contribution in [0, 0.1) is 5.92 Å².